The Morgan fingerprint density at radius 1 is 1.38 bits per heavy atom. The molecule has 0 amide bonds. The van der Waals surface area contributed by atoms with Crippen LogP contribution >= 0.6 is 0 Å². The molecule has 1 saturated heterocycles. The molecule has 21 heavy (non-hydrogen) atoms. The van der Waals surface area contributed by atoms with E-state index < -0.39 is 0 Å². The van der Waals surface area contributed by atoms with Crippen LogP contribution in [0, 0.1) is 10.1 Å². The number of nitrogens with zero attached hydrogens (tertiary/aromatic N) is 2. The van der Waals surface area contributed by atoms with E-state index in [1.165, 1.54) is 12.8 Å². The van der Waals surface area contributed by atoms with Gasteiger partial charge >= 0.3 is 5.69 Å². The van der Waals surface area contributed by atoms with E-state index >= 15 is 0 Å². The fourth-order valence-electron chi connectivity index (χ4n) is 3.57. The highest BCUT2D eigenvalue weighted by Gasteiger charge is 2.36. The van der Waals surface area contributed by atoms with Crippen LogP contribution in [0.4, 0.5) is 11.4 Å². The molecular formula is C16H22N2O3. The van der Waals surface area contributed by atoms with Crippen molar-refractivity contribution in [1.82, 2.24) is 0 Å². The molecule has 1 fully saturated rings. The lowest BCUT2D eigenvalue weighted by Crippen LogP contribution is -2.48. The standard InChI is InChI=1S/C16H22N2O3/c1-11-10-12-13(17-9-5-4-8-16(17,2)3)6-7-14(18(19)20)15(12)21-11/h6-7,11H,4-5,8-10H2,1-3H3. The Balaban J connectivity index is 2.09. The fourth-order valence-corrected chi connectivity index (χ4v) is 3.57. The second-order valence-electron chi connectivity index (χ2n) is 6.72. The average molecular weight is 290 g/mol. The van der Waals surface area contributed by atoms with Gasteiger partial charge in [0.1, 0.15) is 6.10 Å². The molecule has 1 aromatic rings. The number of rotatable bonds is 2. The number of anilines is 1. The van der Waals surface area contributed by atoms with Crippen LogP contribution in [0.2, 0.25) is 0 Å². The van der Waals surface area contributed by atoms with Gasteiger partial charge in [0.05, 0.1) is 4.92 Å². The lowest BCUT2D eigenvalue weighted by atomic mass is 9.89. The highest BCUT2D eigenvalue weighted by atomic mass is 16.6. The first-order valence-electron chi connectivity index (χ1n) is 7.65. The third-order valence-electron chi connectivity index (χ3n) is 4.66. The molecule has 3 rings (SSSR count). The van der Waals surface area contributed by atoms with Gasteiger partial charge in [-0.3, -0.25) is 10.1 Å². The zero-order valence-corrected chi connectivity index (χ0v) is 12.9. The van der Waals surface area contributed by atoms with Gasteiger partial charge in [-0.05, 0) is 46.1 Å². The zero-order valence-electron chi connectivity index (χ0n) is 12.9. The number of fused-ring (bicyclic) bond motifs is 1. The lowest BCUT2D eigenvalue weighted by Gasteiger charge is -2.45. The summed E-state index contributed by atoms with van der Waals surface area (Å²) in [5.41, 5.74) is 2.30. The number of piperidine rings is 1. The number of nitro benzene ring substituents is 1. The molecule has 114 valence electrons. The fraction of sp³-hybridized carbons (Fsp3) is 0.625. The van der Waals surface area contributed by atoms with Crippen molar-refractivity contribution >= 4 is 11.4 Å². The molecular weight excluding hydrogens is 268 g/mol. The minimum absolute atomic E-state index is 0.00718. The molecule has 0 bridgehead atoms. The molecule has 2 heterocycles. The van der Waals surface area contributed by atoms with Crippen molar-refractivity contribution in [2.24, 2.45) is 0 Å². The number of nitro groups is 1. The topological polar surface area (TPSA) is 55.6 Å². The molecule has 1 aromatic carbocycles. The molecule has 0 N–H and O–H groups in total. The van der Waals surface area contributed by atoms with Crippen LogP contribution in [0.25, 0.3) is 0 Å². The summed E-state index contributed by atoms with van der Waals surface area (Å²) in [6.07, 6.45) is 4.32. The van der Waals surface area contributed by atoms with Gasteiger partial charge in [0.15, 0.2) is 0 Å². The van der Waals surface area contributed by atoms with Gasteiger partial charge in [0.25, 0.3) is 0 Å². The Morgan fingerprint density at radius 3 is 2.81 bits per heavy atom. The van der Waals surface area contributed by atoms with Crippen molar-refractivity contribution in [3.05, 3.63) is 27.8 Å². The number of hydrogen-bond acceptors (Lipinski definition) is 4. The number of benzene rings is 1. The maximum Gasteiger partial charge on any atom is 0.311 e. The van der Waals surface area contributed by atoms with E-state index in [-0.39, 0.29) is 22.3 Å². The van der Waals surface area contributed by atoms with Crippen LogP contribution in [-0.4, -0.2) is 23.1 Å². The minimum Gasteiger partial charge on any atom is -0.483 e. The van der Waals surface area contributed by atoms with Gasteiger partial charge in [-0.25, -0.2) is 0 Å². The van der Waals surface area contributed by atoms with Crippen molar-refractivity contribution in [2.75, 3.05) is 11.4 Å². The van der Waals surface area contributed by atoms with E-state index in [0.717, 1.165) is 30.6 Å². The van der Waals surface area contributed by atoms with Crippen molar-refractivity contribution in [3.63, 3.8) is 0 Å². The van der Waals surface area contributed by atoms with Gasteiger partial charge in [-0.2, -0.15) is 0 Å². The molecule has 1 atom stereocenters. The summed E-state index contributed by atoms with van der Waals surface area (Å²) in [5, 5.41) is 11.2. The van der Waals surface area contributed by atoms with Gasteiger partial charge in [0.2, 0.25) is 5.75 Å². The van der Waals surface area contributed by atoms with Crippen LogP contribution in [0.3, 0.4) is 0 Å². The van der Waals surface area contributed by atoms with Crippen LogP contribution in [0.5, 0.6) is 5.75 Å². The van der Waals surface area contributed by atoms with Crippen LogP contribution in [0.15, 0.2) is 12.1 Å². The van der Waals surface area contributed by atoms with Gasteiger partial charge < -0.3 is 9.64 Å². The summed E-state index contributed by atoms with van der Waals surface area (Å²) in [5.74, 6) is 0.478. The minimum atomic E-state index is -0.345. The van der Waals surface area contributed by atoms with Crippen LogP contribution < -0.4 is 9.64 Å². The van der Waals surface area contributed by atoms with E-state index in [2.05, 4.69) is 18.7 Å². The second kappa shape index (κ2) is 4.90. The second-order valence-corrected chi connectivity index (χ2v) is 6.72. The van der Waals surface area contributed by atoms with E-state index in [9.17, 15) is 10.1 Å². The molecule has 0 radical (unpaired) electrons. The summed E-state index contributed by atoms with van der Waals surface area (Å²) in [6, 6.07) is 3.50. The first kappa shape index (κ1) is 14.2. The monoisotopic (exact) mass is 290 g/mol. The van der Waals surface area contributed by atoms with Crippen molar-refractivity contribution in [2.45, 2.75) is 58.1 Å². The molecule has 2 aliphatic rings. The third-order valence-corrected chi connectivity index (χ3v) is 4.66. The molecule has 1 unspecified atom stereocenters. The Kier molecular flexibility index (Phi) is 3.30. The summed E-state index contributed by atoms with van der Waals surface area (Å²) in [7, 11) is 0. The van der Waals surface area contributed by atoms with Crippen molar-refractivity contribution in [3.8, 4) is 5.75 Å². The maximum absolute atomic E-state index is 11.2. The lowest BCUT2D eigenvalue weighted by molar-refractivity contribution is -0.385. The summed E-state index contributed by atoms with van der Waals surface area (Å²) >= 11 is 0. The van der Waals surface area contributed by atoms with Crippen LogP contribution in [0.1, 0.15) is 45.6 Å². The molecule has 0 spiro atoms. The van der Waals surface area contributed by atoms with Crippen molar-refractivity contribution < 1.29 is 9.66 Å². The molecule has 0 aromatic heterocycles. The maximum atomic E-state index is 11.2. The van der Waals surface area contributed by atoms with E-state index in [1.54, 1.807) is 6.07 Å². The number of ether oxygens (including phenoxy) is 1. The predicted molar refractivity (Wildman–Crippen MR) is 82.2 cm³/mol. The molecule has 2 aliphatic heterocycles. The van der Waals surface area contributed by atoms with Gasteiger partial charge in [-0.1, -0.05) is 0 Å². The van der Waals surface area contributed by atoms with Gasteiger partial charge in [-0.15, -0.1) is 0 Å². The smallest absolute Gasteiger partial charge is 0.311 e. The van der Waals surface area contributed by atoms with Crippen molar-refractivity contribution in [1.29, 1.82) is 0 Å². The Morgan fingerprint density at radius 2 is 2.14 bits per heavy atom. The number of hydrogen-bond donors (Lipinski definition) is 0. The van der Waals surface area contributed by atoms with E-state index in [0.29, 0.717) is 5.75 Å². The Hall–Kier alpha value is -1.78. The van der Waals surface area contributed by atoms with Crippen LogP contribution in [-0.2, 0) is 6.42 Å². The average Bonchev–Trinajstić information content (AvgIpc) is 2.78. The first-order chi connectivity index (χ1) is 9.90. The normalized spacial score (nSPS) is 23.6. The Labute approximate surface area is 125 Å². The summed E-state index contributed by atoms with van der Waals surface area (Å²) in [4.78, 5) is 13.3. The Bertz CT molecular complexity index is 583. The quantitative estimate of drug-likeness (QED) is 0.615. The largest absolute Gasteiger partial charge is 0.483 e. The highest BCUT2D eigenvalue weighted by molar-refractivity contribution is 5.69. The highest BCUT2D eigenvalue weighted by Crippen LogP contribution is 2.45. The summed E-state index contributed by atoms with van der Waals surface area (Å²) in [6.45, 7) is 7.47. The zero-order chi connectivity index (χ0) is 15.2. The molecule has 5 nitrogen and oxygen atoms in total. The molecule has 0 saturated carbocycles. The van der Waals surface area contributed by atoms with E-state index in [1.807, 2.05) is 13.0 Å². The SMILES string of the molecule is CC1Cc2c(N3CCCCC3(C)C)ccc([N+](=O)[O-])c2O1. The third kappa shape index (κ3) is 2.34. The van der Waals surface area contributed by atoms with Gasteiger partial charge in [0, 0.05) is 35.8 Å². The summed E-state index contributed by atoms with van der Waals surface area (Å²) < 4.78 is 5.73. The predicted octanol–water partition coefficient (Wildman–Crippen LogP) is 3.69. The first-order valence-corrected chi connectivity index (χ1v) is 7.65. The molecule has 0 aliphatic carbocycles. The van der Waals surface area contributed by atoms with E-state index in [4.69, 9.17) is 4.74 Å². The molecule has 5 heteroatoms.